The first-order valence-electron chi connectivity index (χ1n) is 5.61. The predicted octanol–water partition coefficient (Wildman–Crippen LogP) is 5.24. The van der Waals surface area contributed by atoms with Crippen LogP contribution in [0.2, 0.25) is 0 Å². The summed E-state index contributed by atoms with van der Waals surface area (Å²) in [6.45, 7) is 0. The van der Waals surface area contributed by atoms with Gasteiger partial charge in [0.05, 0.1) is 0 Å². The average Bonchev–Trinajstić information content (AvgIpc) is 2.90. The first kappa shape index (κ1) is 11.6. The maximum absolute atomic E-state index is 4.26. The standard InChI is InChI=1S/C15H10BrNS/c16-15-12(7-4-10-17-15)14-9-8-13(18-14)11-5-2-1-3-6-11/h1-10H. The van der Waals surface area contributed by atoms with Crippen LogP contribution in [0.1, 0.15) is 0 Å². The van der Waals surface area contributed by atoms with Gasteiger partial charge in [0.15, 0.2) is 0 Å². The smallest absolute Gasteiger partial charge is 0.114 e. The maximum atomic E-state index is 4.26. The lowest BCUT2D eigenvalue weighted by atomic mass is 10.2. The Morgan fingerprint density at radius 3 is 2.39 bits per heavy atom. The van der Waals surface area contributed by atoms with Gasteiger partial charge in [-0.05, 0) is 45.8 Å². The summed E-state index contributed by atoms with van der Waals surface area (Å²) in [4.78, 5) is 6.77. The number of nitrogens with zero attached hydrogens (tertiary/aromatic N) is 1. The van der Waals surface area contributed by atoms with Crippen LogP contribution >= 0.6 is 27.3 Å². The Balaban J connectivity index is 2.03. The zero-order valence-corrected chi connectivity index (χ0v) is 11.9. The number of rotatable bonds is 2. The lowest BCUT2D eigenvalue weighted by Crippen LogP contribution is -1.78. The molecule has 18 heavy (non-hydrogen) atoms. The molecule has 3 aromatic rings. The average molecular weight is 316 g/mol. The van der Waals surface area contributed by atoms with Gasteiger partial charge in [-0.15, -0.1) is 11.3 Å². The van der Waals surface area contributed by atoms with Crippen molar-refractivity contribution in [2.75, 3.05) is 0 Å². The van der Waals surface area contributed by atoms with Crippen LogP contribution in [0.5, 0.6) is 0 Å². The molecular weight excluding hydrogens is 306 g/mol. The highest BCUT2D eigenvalue weighted by Crippen LogP contribution is 2.36. The second kappa shape index (κ2) is 5.04. The summed E-state index contributed by atoms with van der Waals surface area (Å²) in [5.74, 6) is 0. The molecule has 0 aliphatic rings. The Bertz CT molecular complexity index is 661. The minimum Gasteiger partial charge on any atom is -0.249 e. The Kier molecular flexibility index (Phi) is 3.26. The summed E-state index contributed by atoms with van der Waals surface area (Å²) < 4.78 is 0.895. The number of pyridine rings is 1. The van der Waals surface area contributed by atoms with E-state index in [2.05, 4.69) is 63.4 Å². The Morgan fingerprint density at radius 1 is 0.833 bits per heavy atom. The molecule has 0 N–H and O–H groups in total. The second-order valence-corrected chi connectivity index (χ2v) is 5.71. The van der Waals surface area contributed by atoms with E-state index < -0.39 is 0 Å². The molecule has 0 spiro atoms. The summed E-state index contributed by atoms with van der Waals surface area (Å²) in [5, 5.41) is 0. The monoisotopic (exact) mass is 315 g/mol. The van der Waals surface area contributed by atoms with Crippen molar-refractivity contribution >= 4 is 27.3 Å². The van der Waals surface area contributed by atoms with Gasteiger partial charge >= 0.3 is 0 Å². The molecule has 0 unspecified atom stereocenters. The Hall–Kier alpha value is -1.45. The summed E-state index contributed by atoms with van der Waals surface area (Å²) in [6, 6.07) is 18.8. The summed E-state index contributed by atoms with van der Waals surface area (Å²) in [7, 11) is 0. The molecule has 3 heteroatoms. The van der Waals surface area contributed by atoms with Crippen LogP contribution in [0.4, 0.5) is 0 Å². The third-order valence-electron chi connectivity index (χ3n) is 2.69. The first-order chi connectivity index (χ1) is 8.84. The largest absolute Gasteiger partial charge is 0.249 e. The van der Waals surface area contributed by atoms with Gasteiger partial charge in [-0.2, -0.15) is 0 Å². The molecule has 0 aliphatic heterocycles. The van der Waals surface area contributed by atoms with E-state index in [-0.39, 0.29) is 0 Å². The molecule has 0 radical (unpaired) electrons. The number of aromatic nitrogens is 1. The fourth-order valence-electron chi connectivity index (χ4n) is 1.81. The third kappa shape index (κ3) is 2.24. The Morgan fingerprint density at radius 2 is 1.61 bits per heavy atom. The van der Waals surface area contributed by atoms with E-state index in [4.69, 9.17) is 0 Å². The number of hydrogen-bond donors (Lipinski definition) is 0. The fourth-order valence-corrected chi connectivity index (χ4v) is 3.44. The van der Waals surface area contributed by atoms with Crippen molar-refractivity contribution in [2.24, 2.45) is 0 Å². The van der Waals surface area contributed by atoms with Crippen LogP contribution in [0.25, 0.3) is 20.9 Å². The number of hydrogen-bond acceptors (Lipinski definition) is 2. The van der Waals surface area contributed by atoms with Gasteiger partial charge in [0.2, 0.25) is 0 Å². The van der Waals surface area contributed by atoms with Crippen molar-refractivity contribution < 1.29 is 0 Å². The van der Waals surface area contributed by atoms with Gasteiger partial charge < -0.3 is 0 Å². The molecule has 0 bridgehead atoms. The van der Waals surface area contributed by atoms with E-state index in [1.165, 1.54) is 15.3 Å². The van der Waals surface area contributed by atoms with Gasteiger partial charge in [-0.1, -0.05) is 30.3 Å². The van der Waals surface area contributed by atoms with Crippen molar-refractivity contribution in [2.45, 2.75) is 0 Å². The predicted molar refractivity (Wildman–Crippen MR) is 80.7 cm³/mol. The lowest BCUT2D eigenvalue weighted by molar-refractivity contribution is 1.28. The van der Waals surface area contributed by atoms with E-state index >= 15 is 0 Å². The molecule has 2 heterocycles. The van der Waals surface area contributed by atoms with E-state index in [0.717, 1.165) is 10.2 Å². The van der Waals surface area contributed by atoms with Gasteiger partial charge in [-0.25, -0.2) is 4.98 Å². The maximum Gasteiger partial charge on any atom is 0.114 e. The summed E-state index contributed by atoms with van der Waals surface area (Å²) in [5.41, 5.74) is 2.40. The van der Waals surface area contributed by atoms with E-state index in [1.807, 2.05) is 12.1 Å². The van der Waals surface area contributed by atoms with Crippen LogP contribution in [0.15, 0.2) is 65.4 Å². The molecule has 88 valence electrons. The highest BCUT2D eigenvalue weighted by Gasteiger charge is 2.07. The van der Waals surface area contributed by atoms with Crippen LogP contribution in [-0.2, 0) is 0 Å². The Labute approximate surface area is 118 Å². The zero-order chi connectivity index (χ0) is 12.4. The quantitative estimate of drug-likeness (QED) is 0.589. The number of benzene rings is 1. The van der Waals surface area contributed by atoms with Crippen LogP contribution < -0.4 is 0 Å². The molecule has 0 aliphatic carbocycles. The van der Waals surface area contributed by atoms with E-state index in [1.54, 1.807) is 17.5 Å². The van der Waals surface area contributed by atoms with Crippen LogP contribution in [0, 0.1) is 0 Å². The minimum absolute atomic E-state index is 0.895. The molecule has 0 fully saturated rings. The molecule has 2 aromatic heterocycles. The topological polar surface area (TPSA) is 12.9 Å². The molecule has 1 nitrogen and oxygen atoms in total. The highest BCUT2D eigenvalue weighted by atomic mass is 79.9. The summed E-state index contributed by atoms with van der Waals surface area (Å²) >= 11 is 5.28. The van der Waals surface area contributed by atoms with Gasteiger partial charge in [-0.3, -0.25) is 0 Å². The molecule has 0 saturated heterocycles. The third-order valence-corrected chi connectivity index (χ3v) is 4.49. The van der Waals surface area contributed by atoms with Crippen molar-refractivity contribution in [3.63, 3.8) is 0 Å². The molecule has 1 aromatic carbocycles. The van der Waals surface area contributed by atoms with Crippen molar-refractivity contribution in [3.05, 3.63) is 65.4 Å². The first-order valence-corrected chi connectivity index (χ1v) is 7.22. The zero-order valence-electron chi connectivity index (χ0n) is 9.51. The number of thiophene rings is 1. The SMILES string of the molecule is Brc1ncccc1-c1ccc(-c2ccccc2)s1. The van der Waals surface area contributed by atoms with E-state index in [0.29, 0.717) is 0 Å². The molecule has 3 rings (SSSR count). The van der Waals surface area contributed by atoms with Crippen LogP contribution in [0.3, 0.4) is 0 Å². The van der Waals surface area contributed by atoms with Gasteiger partial charge in [0.25, 0.3) is 0 Å². The fraction of sp³-hybridized carbons (Fsp3) is 0. The summed E-state index contributed by atoms with van der Waals surface area (Å²) in [6.07, 6.45) is 1.79. The molecule has 0 amide bonds. The van der Waals surface area contributed by atoms with Crippen molar-refractivity contribution in [1.82, 2.24) is 4.98 Å². The molecule has 0 saturated carbocycles. The number of halogens is 1. The minimum atomic E-state index is 0.895. The lowest BCUT2D eigenvalue weighted by Gasteiger charge is -1.99. The molecule has 0 atom stereocenters. The van der Waals surface area contributed by atoms with Gasteiger partial charge in [0, 0.05) is 21.5 Å². The highest BCUT2D eigenvalue weighted by molar-refractivity contribution is 9.10. The van der Waals surface area contributed by atoms with E-state index in [9.17, 15) is 0 Å². The molecular formula is C15H10BrNS. The second-order valence-electron chi connectivity index (χ2n) is 3.87. The van der Waals surface area contributed by atoms with Gasteiger partial charge in [0.1, 0.15) is 4.60 Å². The van der Waals surface area contributed by atoms with Crippen molar-refractivity contribution in [1.29, 1.82) is 0 Å². The normalized spacial score (nSPS) is 10.5. The van der Waals surface area contributed by atoms with Crippen LogP contribution in [-0.4, -0.2) is 4.98 Å². The van der Waals surface area contributed by atoms with Crippen molar-refractivity contribution in [3.8, 4) is 20.9 Å².